The number of hydrogen-bond acceptors (Lipinski definition) is 5. The summed E-state index contributed by atoms with van der Waals surface area (Å²) in [5, 5.41) is 15.2. The molecule has 1 fully saturated rings. The molecule has 1 aliphatic rings. The molecule has 3 heterocycles. The number of piperidine rings is 1. The van der Waals surface area contributed by atoms with Gasteiger partial charge in [-0.15, -0.1) is 0 Å². The summed E-state index contributed by atoms with van der Waals surface area (Å²) in [5.74, 6) is 1.75. The number of benzene rings is 1. The van der Waals surface area contributed by atoms with Gasteiger partial charge in [-0.3, -0.25) is 4.68 Å². The quantitative estimate of drug-likeness (QED) is 0.783. The molecule has 0 amide bonds. The first-order valence-electron chi connectivity index (χ1n) is 8.96. The van der Waals surface area contributed by atoms with Crippen LogP contribution in [0.3, 0.4) is 0 Å². The lowest BCUT2D eigenvalue weighted by Crippen LogP contribution is -2.44. The van der Waals surface area contributed by atoms with E-state index in [1.165, 1.54) is 5.56 Å². The van der Waals surface area contributed by atoms with E-state index < -0.39 is 5.60 Å². The highest BCUT2D eigenvalue weighted by atomic mass is 16.3. The molecule has 1 aromatic carbocycles. The van der Waals surface area contributed by atoms with Crippen LogP contribution in [0, 0.1) is 0 Å². The molecule has 1 N–H and O–H groups in total. The molecule has 3 aromatic rings. The molecule has 6 heteroatoms. The zero-order valence-electron chi connectivity index (χ0n) is 14.9. The fourth-order valence-corrected chi connectivity index (χ4v) is 3.62. The van der Waals surface area contributed by atoms with Crippen molar-refractivity contribution in [3.63, 3.8) is 0 Å². The van der Waals surface area contributed by atoms with Gasteiger partial charge in [0.25, 0.3) is 0 Å². The van der Waals surface area contributed by atoms with Gasteiger partial charge in [0.1, 0.15) is 17.2 Å². The summed E-state index contributed by atoms with van der Waals surface area (Å²) in [6.45, 7) is 1.51. The number of rotatable bonds is 4. The van der Waals surface area contributed by atoms with Crippen LogP contribution in [-0.4, -0.2) is 37.9 Å². The van der Waals surface area contributed by atoms with E-state index >= 15 is 0 Å². The van der Waals surface area contributed by atoms with Crippen LogP contribution in [0.1, 0.15) is 29.9 Å². The summed E-state index contributed by atoms with van der Waals surface area (Å²) in [6, 6.07) is 14.1. The van der Waals surface area contributed by atoms with Crippen molar-refractivity contribution in [1.82, 2.24) is 19.7 Å². The molecular weight excluding hydrogens is 326 g/mol. The number of nitrogens with zero attached hydrogens (tertiary/aromatic N) is 5. The number of aryl methyl sites for hydroxylation is 1. The van der Waals surface area contributed by atoms with E-state index in [1.807, 2.05) is 43.6 Å². The third-order valence-corrected chi connectivity index (χ3v) is 5.11. The predicted molar refractivity (Wildman–Crippen MR) is 99.8 cm³/mol. The van der Waals surface area contributed by atoms with E-state index in [0.717, 1.165) is 36.8 Å². The first-order valence-corrected chi connectivity index (χ1v) is 8.96. The molecule has 0 aliphatic carbocycles. The van der Waals surface area contributed by atoms with Gasteiger partial charge in [0, 0.05) is 39.0 Å². The number of hydrogen-bond donors (Lipinski definition) is 1. The van der Waals surface area contributed by atoms with Crippen LogP contribution in [0.5, 0.6) is 0 Å². The van der Waals surface area contributed by atoms with Crippen LogP contribution in [0.15, 0.2) is 54.9 Å². The van der Waals surface area contributed by atoms with Crippen molar-refractivity contribution in [2.75, 3.05) is 18.0 Å². The Morgan fingerprint density at radius 2 is 1.81 bits per heavy atom. The molecule has 134 valence electrons. The van der Waals surface area contributed by atoms with Crippen molar-refractivity contribution >= 4 is 5.82 Å². The topological polar surface area (TPSA) is 67.1 Å². The van der Waals surface area contributed by atoms with E-state index in [2.05, 4.69) is 27.1 Å². The van der Waals surface area contributed by atoms with Crippen molar-refractivity contribution in [3.8, 4) is 0 Å². The molecule has 26 heavy (non-hydrogen) atoms. The van der Waals surface area contributed by atoms with E-state index in [1.54, 1.807) is 10.9 Å². The Kier molecular flexibility index (Phi) is 4.42. The van der Waals surface area contributed by atoms with Crippen molar-refractivity contribution in [2.45, 2.75) is 24.9 Å². The third kappa shape index (κ3) is 3.32. The first kappa shape index (κ1) is 16.7. The van der Waals surface area contributed by atoms with Crippen molar-refractivity contribution in [2.24, 2.45) is 7.05 Å². The summed E-state index contributed by atoms with van der Waals surface area (Å²) in [5.41, 5.74) is 1.26. The second kappa shape index (κ2) is 6.88. The lowest BCUT2D eigenvalue weighted by Gasteiger charge is -2.38. The monoisotopic (exact) mass is 349 g/mol. The maximum atomic E-state index is 11.0. The Balaban J connectivity index is 1.46. The molecule has 0 unspecified atom stereocenters. The highest BCUT2D eigenvalue weighted by Crippen LogP contribution is 2.33. The minimum absolute atomic E-state index is 0.657. The third-order valence-electron chi connectivity index (χ3n) is 5.11. The number of aliphatic hydroxyl groups is 1. The Morgan fingerprint density at radius 3 is 2.50 bits per heavy atom. The minimum Gasteiger partial charge on any atom is -0.383 e. The molecule has 4 rings (SSSR count). The molecule has 6 nitrogen and oxygen atoms in total. The van der Waals surface area contributed by atoms with Crippen LogP contribution in [0.2, 0.25) is 0 Å². The average Bonchev–Trinajstić information content (AvgIpc) is 3.10. The zero-order chi connectivity index (χ0) is 18.0. The molecule has 0 radical (unpaired) electrons. The van der Waals surface area contributed by atoms with Crippen LogP contribution >= 0.6 is 0 Å². The molecule has 0 atom stereocenters. The van der Waals surface area contributed by atoms with E-state index in [-0.39, 0.29) is 0 Å². The summed E-state index contributed by atoms with van der Waals surface area (Å²) >= 11 is 0. The van der Waals surface area contributed by atoms with E-state index in [0.29, 0.717) is 12.8 Å². The van der Waals surface area contributed by atoms with E-state index in [4.69, 9.17) is 4.98 Å². The molecule has 2 aromatic heterocycles. The van der Waals surface area contributed by atoms with Gasteiger partial charge in [0.2, 0.25) is 0 Å². The van der Waals surface area contributed by atoms with Crippen molar-refractivity contribution in [3.05, 3.63) is 71.9 Å². The minimum atomic E-state index is -0.818. The Bertz CT molecular complexity index is 869. The Labute approximate surface area is 153 Å². The van der Waals surface area contributed by atoms with Gasteiger partial charge >= 0.3 is 0 Å². The molecule has 1 saturated heterocycles. The van der Waals surface area contributed by atoms with Crippen LogP contribution in [0.25, 0.3) is 0 Å². The van der Waals surface area contributed by atoms with Crippen molar-refractivity contribution in [1.29, 1.82) is 0 Å². The Hall–Kier alpha value is -2.73. The Morgan fingerprint density at radius 1 is 1.04 bits per heavy atom. The molecule has 1 aliphatic heterocycles. The van der Waals surface area contributed by atoms with Gasteiger partial charge in [-0.2, -0.15) is 5.10 Å². The van der Waals surface area contributed by atoms with Gasteiger partial charge < -0.3 is 10.0 Å². The normalized spacial score (nSPS) is 16.6. The maximum Gasteiger partial charge on any atom is 0.135 e. The summed E-state index contributed by atoms with van der Waals surface area (Å²) in [7, 11) is 1.87. The van der Waals surface area contributed by atoms with Crippen LogP contribution in [0.4, 0.5) is 5.82 Å². The fraction of sp³-hybridized carbons (Fsp3) is 0.350. The molecule has 0 saturated carbocycles. The summed E-state index contributed by atoms with van der Waals surface area (Å²) in [4.78, 5) is 11.4. The standard InChI is InChI=1S/C20H23N5O/c1-24-17(7-12-22-24)20(26)9-13-25(14-10-20)19-8-11-21-18(23-19)15-16-5-3-2-4-6-16/h2-8,11-12,26H,9-10,13-15H2,1H3. The van der Waals surface area contributed by atoms with Crippen molar-refractivity contribution < 1.29 is 5.11 Å². The summed E-state index contributed by atoms with van der Waals surface area (Å²) < 4.78 is 1.76. The maximum absolute atomic E-state index is 11.0. The SMILES string of the molecule is Cn1nccc1C1(O)CCN(c2ccnc(Cc3ccccc3)n2)CC1. The largest absolute Gasteiger partial charge is 0.383 e. The average molecular weight is 349 g/mol. The molecule has 0 spiro atoms. The highest BCUT2D eigenvalue weighted by Gasteiger charge is 2.36. The number of aromatic nitrogens is 4. The van der Waals surface area contributed by atoms with Crippen LogP contribution < -0.4 is 4.90 Å². The number of anilines is 1. The van der Waals surface area contributed by atoms with Crippen LogP contribution in [-0.2, 0) is 19.1 Å². The van der Waals surface area contributed by atoms with Gasteiger partial charge in [-0.05, 0) is 30.5 Å². The van der Waals surface area contributed by atoms with Gasteiger partial charge in [-0.1, -0.05) is 30.3 Å². The predicted octanol–water partition coefficient (Wildman–Crippen LogP) is 2.29. The second-order valence-corrected chi connectivity index (χ2v) is 6.85. The zero-order valence-corrected chi connectivity index (χ0v) is 14.9. The first-order chi connectivity index (χ1) is 12.6. The van der Waals surface area contributed by atoms with Gasteiger partial charge in [0.05, 0.1) is 5.69 Å². The van der Waals surface area contributed by atoms with E-state index in [9.17, 15) is 5.11 Å². The molecular formula is C20H23N5O. The smallest absolute Gasteiger partial charge is 0.135 e. The lowest BCUT2D eigenvalue weighted by molar-refractivity contribution is 0.00403. The highest BCUT2D eigenvalue weighted by molar-refractivity contribution is 5.39. The van der Waals surface area contributed by atoms with Gasteiger partial charge in [-0.25, -0.2) is 9.97 Å². The lowest BCUT2D eigenvalue weighted by atomic mass is 9.88. The molecule has 0 bridgehead atoms. The summed E-state index contributed by atoms with van der Waals surface area (Å²) in [6.07, 6.45) is 5.60. The second-order valence-electron chi connectivity index (χ2n) is 6.85. The van der Waals surface area contributed by atoms with Gasteiger partial charge in [0.15, 0.2) is 0 Å². The fourth-order valence-electron chi connectivity index (χ4n) is 3.62.